The number of pyridine rings is 1. The molecule has 0 radical (unpaired) electrons. The maximum Gasteiger partial charge on any atom is 0.355 e. The molecule has 3 aliphatic heterocycles. The lowest BCUT2D eigenvalue weighted by Gasteiger charge is -2.36. The zero-order valence-electron chi connectivity index (χ0n) is 40.9. The number of para-hydroxylation sites is 1. The first kappa shape index (κ1) is 47.7. The van der Waals surface area contributed by atoms with Crippen LogP contribution >= 0.6 is 11.3 Å². The van der Waals surface area contributed by atoms with E-state index >= 15 is 0 Å². The van der Waals surface area contributed by atoms with Gasteiger partial charge in [-0.1, -0.05) is 41.7 Å². The first-order chi connectivity index (χ1) is 35.4. The van der Waals surface area contributed by atoms with Crippen LogP contribution in [0.2, 0.25) is 0 Å². The number of benzene rings is 4. The highest BCUT2D eigenvalue weighted by molar-refractivity contribution is 7.22. The Morgan fingerprint density at radius 3 is 2.42 bits per heavy atom. The minimum atomic E-state index is -1.12. The van der Waals surface area contributed by atoms with E-state index in [1.807, 2.05) is 103 Å². The van der Waals surface area contributed by atoms with E-state index in [2.05, 4.69) is 37.7 Å². The van der Waals surface area contributed by atoms with Gasteiger partial charge in [0.15, 0.2) is 10.8 Å². The lowest BCUT2D eigenvalue weighted by atomic mass is 9.84. The maximum atomic E-state index is 13.6. The van der Waals surface area contributed by atoms with E-state index < -0.39 is 11.9 Å². The molecule has 1 saturated carbocycles. The number of carboxylic acid groups (broad SMARTS) is 1. The number of ether oxygens (including phenoxy) is 1. The Hall–Kier alpha value is -7.66. The molecule has 6 heterocycles. The van der Waals surface area contributed by atoms with Gasteiger partial charge in [-0.2, -0.15) is 5.10 Å². The van der Waals surface area contributed by atoms with Gasteiger partial charge in [0.25, 0.3) is 5.91 Å². The summed E-state index contributed by atoms with van der Waals surface area (Å²) >= 11 is 1.43. The number of fused-ring (bicyclic) bond motifs is 3. The van der Waals surface area contributed by atoms with Crippen molar-refractivity contribution in [3.63, 3.8) is 0 Å². The van der Waals surface area contributed by atoms with Gasteiger partial charge in [-0.3, -0.25) is 34.5 Å². The van der Waals surface area contributed by atoms with Gasteiger partial charge in [0, 0.05) is 81.4 Å². The molecule has 0 spiro atoms. The highest BCUT2D eigenvalue weighted by Crippen LogP contribution is 2.37. The number of piperidine rings is 1. The van der Waals surface area contributed by atoms with Crippen LogP contribution in [0.1, 0.15) is 101 Å². The monoisotopic (exact) mass is 999 g/mol. The van der Waals surface area contributed by atoms with Crippen LogP contribution in [0.3, 0.4) is 0 Å². The fraction of sp³-hybridized carbons (Fsp3) is 0.357. The van der Waals surface area contributed by atoms with E-state index in [1.165, 1.54) is 11.3 Å². The number of carbonyl (C=O) groups excluding carboxylic acids is 4. The number of carboxylic acids is 1. The third-order valence-corrected chi connectivity index (χ3v) is 16.2. The van der Waals surface area contributed by atoms with Crippen molar-refractivity contribution < 1.29 is 33.8 Å². The summed E-state index contributed by atoms with van der Waals surface area (Å²) in [6.45, 7) is 5.77. The summed E-state index contributed by atoms with van der Waals surface area (Å²) in [6.07, 6.45) is 6.68. The number of anilines is 3. The van der Waals surface area contributed by atoms with Crippen LogP contribution in [0.15, 0.2) is 91.0 Å². The first-order valence-corrected chi connectivity index (χ1v) is 26.1. The standard InChI is InChI=1S/C56H57N9O7S/c1-33-30-38(16-18-39(33)40-19-21-48(58-52(40)55(70)71)65-25-24-35-6-5-7-41(44(35)32-65)53(68)60-56-57-45-8-3-4-9-47(45)73-56)72-37-14-10-34(11-15-37)12-23-50(67)64-28-26-63(27-29-64)36-13-17-42-46(31-36)62(2)61-51(42)43-20-22-49(66)59-54(43)69/h3-9,13,16-19,21,30-31,34,37,43H,10-12,14-15,20,22-29,32H2,1-2H3,(H,70,71)(H,57,60,68)(H,59,66,69)/t34-,37-,43?. The second-order valence-corrected chi connectivity index (χ2v) is 20.8. The van der Waals surface area contributed by atoms with Crippen LogP contribution < -0.4 is 25.2 Å². The first-order valence-electron chi connectivity index (χ1n) is 25.3. The number of aryl methyl sites for hydroxylation is 2. The lowest BCUT2D eigenvalue weighted by molar-refractivity contribution is -0.134. The number of amides is 4. The third-order valence-electron chi connectivity index (χ3n) is 15.2. The molecule has 3 fully saturated rings. The molecule has 16 nitrogen and oxygen atoms in total. The maximum absolute atomic E-state index is 13.6. The second kappa shape index (κ2) is 20.1. The molecule has 4 aromatic carbocycles. The number of rotatable bonds is 12. The molecule has 4 amide bonds. The van der Waals surface area contributed by atoms with Crippen LogP contribution in [0.5, 0.6) is 5.75 Å². The van der Waals surface area contributed by atoms with Crippen molar-refractivity contribution in [2.24, 2.45) is 13.0 Å². The summed E-state index contributed by atoms with van der Waals surface area (Å²) in [6, 6.07) is 29.2. The molecule has 73 heavy (non-hydrogen) atoms. The van der Waals surface area contributed by atoms with E-state index in [0.717, 1.165) is 100 Å². The number of aromatic carboxylic acids is 1. The predicted octanol–water partition coefficient (Wildman–Crippen LogP) is 8.65. The van der Waals surface area contributed by atoms with E-state index in [-0.39, 0.29) is 35.4 Å². The van der Waals surface area contributed by atoms with Gasteiger partial charge in [0.05, 0.1) is 33.4 Å². The number of aromatic nitrogens is 4. The topological polar surface area (TPSA) is 192 Å². The Balaban J connectivity index is 0.657. The Morgan fingerprint density at radius 2 is 1.64 bits per heavy atom. The normalized spacial score (nSPS) is 19.2. The molecular formula is C56H57N9O7S. The van der Waals surface area contributed by atoms with Crippen LogP contribution in [0.25, 0.3) is 32.2 Å². The van der Waals surface area contributed by atoms with Gasteiger partial charge in [-0.15, -0.1) is 0 Å². The van der Waals surface area contributed by atoms with Gasteiger partial charge in [0.2, 0.25) is 17.7 Å². The number of hydrogen-bond acceptors (Lipinski definition) is 12. The Bertz CT molecular complexity index is 3280. The van der Waals surface area contributed by atoms with Crippen molar-refractivity contribution >= 4 is 78.7 Å². The number of nitrogens with one attached hydrogen (secondary N) is 2. The van der Waals surface area contributed by atoms with Crippen molar-refractivity contribution in [1.29, 1.82) is 0 Å². The number of hydrogen-bond donors (Lipinski definition) is 3. The van der Waals surface area contributed by atoms with Crippen LogP contribution in [-0.4, -0.2) is 98.2 Å². The summed E-state index contributed by atoms with van der Waals surface area (Å²) in [5, 5.41) is 22.0. The molecular weight excluding hydrogens is 943 g/mol. The molecule has 2 saturated heterocycles. The van der Waals surface area contributed by atoms with Gasteiger partial charge in [-0.25, -0.2) is 14.8 Å². The van der Waals surface area contributed by atoms with Crippen molar-refractivity contribution in [3.8, 4) is 16.9 Å². The van der Waals surface area contributed by atoms with E-state index in [0.29, 0.717) is 85.6 Å². The number of nitrogens with zero attached hydrogens (tertiary/aromatic N) is 7. The predicted molar refractivity (Wildman–Crippen MR) is 280 cm³/mol. The molecule has 1 atom stereocenters. The number of piperazine rings is 1. The minimum absolute atomic E-state index is 0.0374. The number of carbonyl (C=O) groups is 5. The number of thiazole rings is 1. The summed E-state index contributed by atoms with van der Waals surface area (Å²) < 4.78 is 9.30. The van der Waals surface area contributed by atoms with Gasteiger partial charge >= 0.3 is 5.97 Å². The van der Waals surface area contributed by atoms with Crippen molar-refractivity contribution in [1.82, 2.24) is 30.0 Å². The van der Waals surface area contributed by atoms with E-state index in [9.17, 15) is 29.1 Å². The van der Waals surface area contributed by atoms with Crippen molar-refractivity contribution in [2.45, 2.75) is 83.3 Å². The molecule has 17 heteroatoms. The molecule has 4 aliphatic rings. The molecule has 3 aromatic heterocycles. The average Bonchev–Trinajstić information content (AvgIpc) is 3.97. The average molecular weight is 1000 g/mol. The highest BCUT2D eigenvalue weighted by atomic mass is 32.1. The summed E-state index contributed by atoms with van der Waals surface area (Å²) in [5.41, 5.74) is 8.18. The molecule has 7 aromatic rings. The fourth-order valence-electron chi connectivity index (χ4n) is 11.2. The zero-order valence-corrected chi connectivity index (χ0v) is 41.8. The SMILES string of the molecule is Cc1cc(O[C@H]2CC[C@H](CCC(=O)N3CCN(c4ccc5c(C6CCC(=O)NC6=O)nn(C)c5c4)CC3)CC2)ccc1-c1ccc(N2CCc3cccc(C(=O)Nc4nc5ccccc5s4)c3C2)nc1C(=O)O. The Morgan fingerprint density at radius 1 is 0.836 bits per heavy atom. The lowest BCUT2D eigenvalue weighted by Crippen LogP contribution is -2.48. The Kier molecular flexibility index (Phi) is 13.1. The summed E-state index contributed by atoms with van der Waals surface area (Å²) in [5.74, 6) is -0.390. The molecule has 1 unspecified atom stereocenters. The van der Waals surface area contributed by atoms with Gasteiger partial charge < -0.3 is 24.5 Å². The minimum Gasteiger partial charge on any atom is -0.490 e. The quantitative estimate of drug-likeness (QED) is 0.0989. The van der Waals surface area contributed by atoms with Gasteiger partial charge in [-0.05, 0) is 141 Å². The zero-order chi connectivity index (χ0) is 50.3. The van der Waals surface area contributed by atoms with E-state index in [4.69, 9.17) is 9.72 Å². The van der Waals surface area contributed by atoms with Crippen molar-refractivity contribution in [2.75, 3.05) is 47.8 Å². The summed E-state index contributed by atoms with van der Waals surface area (Å²) in [7, 11) is 1.88. The molecule has 374 valence electrons. The largest absolute Gasteiger partial charge is 0.490 e. The van der Waals surface area contributed by atoms with Gasteiger partial charge in [0.1, 0.15) is 11.6 Å². The molecule has 1 aliphatic carbocycles. The molecule has 0 bridgehead atoms. The molecule has 11 rings (SSSR count). The summed E-state index contributed by atoms with van der Waals surface area (Å²) in [4.78, 5) is 79.8. The number of imide groups is 1. The van der Waals surface area contributed by atoms with Crippen LogP contribution in [0.4, 0.5) is 16.6 Å². The molecule has 3 N–H and O–H groups in total. The van der Waals surface area contributed by atoms with Crippen LogP contribution in [-0.2, 0) is 34.4 Å². The Labute approximate surface area is 426 Å². The van der Waals surface area contributed by atoms with Crippen LogP contribution in [0, 0.1) is 12.8 Å². The second-order valence-electron chi connectivity index (χ2n) is 19.8. The highest BCUT2D eigenvalue weighted by Gasteiger charge is 2.33. The third kappa shape index (κ3) is 9.85. The smallest absolute Gasteiger partial charge is 0.355 e. The van der Waals surface area contributed by atoms with Crippen molar-refractivity contribution in [3.05, 3.63) is 125 Å². The van der Waals surface area contributed by atoms with E-state index in [1.54, 1.807) is 4.68 Å². The fourth-order valence-corrected chi connectivity index (χ4v) is 12.1.